The number of carbonyl (C=O) groups excluding carboxylic acids is 2. The van der Waals surface area contributed by atoms with Crippen LogP contribution in [-0.2, 0) is 90.1 Å². The van der Waals surface area contributed by atoms with Crippen molar-refractivity contribution in [2.24, 2.45) is 0 Å². The van der Waals surface area contributed by atoms with Gasteiger partial charge in [0.25, 0.3) is 5.79 Å². The first-order chi connectivity index (χ1) is 26.9. The van der Waals surface area contributed by atoms with Gasteiger partial charge in [0.1, 0.15) is 67.1 Å². The zero-order chi connectivity index (χ0) is 41.7. The fourth-order valence-corrected chi connectivity index (χ4v) is 7.84. The quantitative estimate of drug-likeness (QED) is 0.126. The lowest BCUT2D eigenvalue weighted by Crippen LogP contribution is -2.71. The van der Waals surface area contributed by atoms with E-state index in [2.05, 4.69) is 0 Å². The van der Waals surface area contributed by atoms with Crippen LogP contribution >= 0.6 is 0 Å². The average Bonchev–Trinajstić information content (AvgIpc) is 3.20. The Morgan fingerprint density at radius 2 is 1.25 bits per heavy atom. The van der Waals surface area contributed by atoms with E-state index in [9.17, 15) is 9.59 Å². The van der Waals surface area contributed by atoms with Gasteiger partial charge in [-0.3, -0.25) is 4.79 Å². The number of methoxy groups -OCH3 is 12. The molecule has 3 fully saturated rings. The molecule has 3 saturated heterocycles. The fraction of sp³-hybridized carbons (Fsp3) is 0.944. The maximum absolute atomic E-state index is 14.2. The molecule has 0 unspecified atom stereocenters. The van der Waals surface area contributed by atoms with Gasteiger partial charge in [-0.05, 0) is 0 Å². The molecule has 20 heteroatoms. The van der Waals surface area contributed by atoms with E-state index in [4.69, 9.17) is 80.5 Å². The van der Waals surface area contributed by atoms with Crippen molar-refractivity contribution in [2.45, 2.75) is 111 Å². The molecule has 0 aromatic carbocycles. The lowest BCUT2D eigenvalue weighted by molar-refractivity contribution is -0.392. The van der Waals surface area contributed by atoms with Gasteiger partial charge in [0.15, 0.2) is 12.6 Å². The number of esters is 1. The zero-order valence-electron chi connectivity index (χ0n) is 35.2. The summed E-state index contributed by atoms with van der Waals surface area (Å²) < 4.78 is 102. The molecular formula is C36H65NO19. The Labute approximate surface area is 330 Å². The van der Waals surface area contributed by atoms with E-state index in [-0.39, 0.29) is 32.1 Å². The third-order valence-electron chi connectivity index (χ3n) is 10.6. The van der Waals surface area contributed by atoms with Gasteiger partial charge >= 0.3 is 5.97 Å². The van der Waals surface area contributed by atoms with Crippen LogP contribution in [0.15, 0.2) is 0 Å². The molecule has 16 atom stereocenters. The molecule has 0 bridgehead atoms. The number of hydrogen-bond acceptors (Lipinski definition) is 19. The van der Waals surface area contributed by atoms with Gasteiger partial charge < -0.3 is 85.4 Å². The predicted octanol–water partition coefficient (Wildman–Crippen LogP) is -0.598. The summed E-state index contributed by atoms with van der Waals surface area (Å²) in [5.74, 6) is -3.42. The van der Waals surface area contributed by atoms with E-state index in [0.717, 1.165) is 0 Å². The number of nitrogens with zero attached hydrogens (tertiary/aromatic N) is 1. The molecular weight excluding hydrogens is 750 g/mol. The highest BCUT2D eigenvalue weighted by Gasteiger charge is 2.62. The molecule has 1 amide bonds. The smallest absolute Gasteiger partial charge is 0.366 e. The Balaban J connectivity index is 2.20. The lowest BCUT2D eigenvalue weighted by Gasteiger charge is -2.54. The molecule has 3 rings (SSSR count). The van der Waals surface area contributed by atoms with Gasteiger partial charge in [-0.15, -0.1) is 0 Å². The lowest BCUT2D eigenvalue weighted by atomic mass is 9.86. The third-order valence-corrected chi connectivity index (χ3v) is 10.6. The summed E-state index contributed by atoms with van der Waals surface area (Å²) in [5.41, 5.74) is 0. The van der Waals surface area contributed by atoms with Crippen molar-refractivity contribution in [3.63, 3.8) is 0 Å². The number of hydrogen-bond donors (Lipinski definition) is 0. The minimum atomic E-state index is -2.22. The van der Waals surface area contributed by atoms with Crippen molar-refractivity contribution < 1.29 is 90.1 Å². The highest BCUT2D eigenvalue weighted by atomic mass is 16.8. The number of likely N-dealkylation sites (N-methyl/N-ethyl adjacent to an activating group) is 1. The molecule has 3 aliphatic heterocycles. The molecule has 328 valence electrons. The molecule has 20 nitrogen and oxygen atoms in total. The van der Waals surface area contributed by atoms with Gasteiger partial charge in [0.2, 0.25) is 5.91 Å². The van der Waals surface area contributed by atoms with Gasteiger partial charge in [0.05, 0.1) is 39.1 Å². The number of amides is 1. The van der Waals surface area contributed by atoms with Crippen LogP contribution < -0.4 is 0 Å². The highest BCUT2D eigenvalue weighted by Crippen LogP contribution is 2.42. The van der Waals surface area contributed by atoms with E-state index in [1.54, 1.807) is 7.05 Å². The van der Waals surface area contributed by atoms with Crippen LogP contribution in [-0.4, -0.2) is 227 Å². The molecule has 0 saturated carbocycles. The third kappa shape index (κ3) is 10.5. The predicted molar refractivity (Wildman–Crippen MR) is 192 cm³/mol. The molecule has 0 N–H and O–H groups in total. The van der Waals surface area contributed by atoms with Crippen molar-refractivity contribution in [1.29, 1.82) is 0 Å². The summed E-state index contributed by atoms with van der Waals surface area (Å²) >= 11 is 0. The summed E-state index contributed by atoms with van der Waals surface area (Å²) in [5, 5.41) is 0. The SMILES string of the molecule is COC[C@H]1O[C@@H](O[C@H]2[C@H](OC)[C@@H](OC)[C@@H](OC)O[C@@H]2COC)[C@H](OC)[C@@H](O[C@]2(C(=O)OC)C[C@H](OC)[C@@H](N(C)C(C)=O)[C@H]([C@H](OC)[C@@H](COC)OC)O2)[C@H]1OC. The van der Waals surface area contributed by atoms with Gasteiger partial charge in [-0.1, -0.05) is 0 Å². The topological polar surface area (TPSA) is 194 Å². The number of carbonyl (C=O) groups is 2. The molecule has 56 heavy (non-hydrogen) atoms. The molecule has 0 spiro atoms. The van der Waals surface area contributed by atoms with E-state index in [1.807, 2.05) is 0 Å². The van der Waals surface area contributed by atoms with Crippen LogP contribution in [0.3, 0.4) is 0 Å². The Bertz CT molecular complexity index is 1170. The second-order valence-electron chi connectivity index (χ2n) is 13.6. The van der Waals surface area contributed by atoms with Crippen LogP contribution in [0.2, 0.25) is 0 Å². The summed E-state index contributed by atoms with van der Waals surface area (Å²) in [6, 6.07) is -0.804. The van der Waals surface area contributed by atoms with Gasteiger partial charge in [-0.25, -0.2) is 4.79 Å². The zero-order valence-corrected chi connectivity index (χ0v) is 35.2. The first kappa shape index (κ1) is 48.7. The molecule has 0 aromatic rings. The van der Waals surface area contributed by atoms with E-state index in [0.29, 0.717) is 0 Å². The summed E-state index contributed by atoms with van der Waals surface area (Å²) in [4.78, 5) is 28.6. The first-order valence-electron chi connectivity index (χ1n) is 18.2. The fourth-order valence-electron chi connectivity index (χ4n) is 7.84. The van der Waals surface area contributed by atoms with Crippen LogP contribution in [0.5, 0.6) is 0 Å². The Morgan fingerprint density at radius 3 is 1.71 bits per heavy atom. The van der Waals surface area contributed by atoms with Gasteiger partial charge in [0, 0.05) is 98.6 Å². The number of rotatable bonds is 22. The molecule has 3 aliphatic rings. The van der Waals surface area contributed by atoms with Crippen LogP contribution in [0.4, 0.5) is 0 Å². The molecule has 0 aromatic heterocycles. The monoisotopic (exact) mass is 815 g/mol. The van der Waals surface area contributed by atoms with Crippen molar-refractivity contribution in [3.05, 3.63) is 0 Å². The van der Waals surface area contributed by atoms with Crippen molar-refractivity contribution in [1.82, 2.24) is 4.90 Å². The highest BCUT2D eigenvalue weighted by molar-refractivity contribution is 5.78. The van der Waals surface area contributed by atoms with Crippen molar-refractivity contribution >= 4 is 11.9 Å². The van der Waals surface area contributed by atoms with Crippen LogP contribution in [0, 0.1) is 0 Å². The Kier molecular flexibility index (Phi) is 20.1. The van der Waals surface area contributed by atoms with E-state index >= 15 is 0 Å². The summed E-state index contributed by atoms with van der Waals surface area (Å²) in [7, 11) is 19.1. The average molecular weight is 816 g/mol. The maximum atomic E-state index is 14.2. The Hall–Kier alpha value is -1.70. The van der Waals surface area contributed by atoms with Crippen molar-refractivity contribution in [3.8, 4) is 0 Å². The minimum absolute atomic E-state index is 0.0106. The number of ether oxygens (including phenoxy) is 17. The normalized spacial score (nSPS) is 37.5. The molecule has 3 heterocycles. The van der Waals surface area contributed by atoms with E-state index in [1.165, 1.54) is 97.1 Å². The molecule has 0 aliphatic carbocycles. The molecule has 0 radical (unpaired) electrons. The summed E-state index contributed by atoms with van der Waals surface area (Å²) in [6.07, 6.45) is -13.1. The van der Waals surface area contributed by atoms with Crippen LogP contribution in [0.1, 0.15) is 13.3 Å². The van der Waals surface area contributed by atoms with Gasteiger partial charge in [-0.2, -0.15) is 0 Å². The first-order valence-corrected chi connectivity index (χ1v) is 18.2. The largest absolute Gasteiger partial charge is 0.465 e. The minimum Gasteiger partial charge on any atom is -0.465 e. The Morgan fingerprint density at radius 1 is 0.679 bits per heavy atom. The summed E-state index contributed by atoms with van der Waals surface area (Å²) in [6.45, 7) is 1.59. The maximum Gasteiger partial charge on any atom is 0.366 e. The van der Waals surface area contributed by atoms with Crippen LogP contribution in [0.25, 0.3) is 0 Å². The second-order valence-corrected chi connectivity index (χ2v) is 13.6. The second kappa shape index (κ2) is 23.2. The van der Waals surface area contributed by atoms with Crippen molar-refractivity contribution in [2.75, 3.05) is 112 Å². The standard InChI is InChI=1S/C36H65NO19/c1-19(38)37(2)24-20(43-6)15-36(35(39)51-14,55-28(24)25(45-8)21(44-7)16-40-3)56-30-26(46-9)22(17-41-4)53-34(32(30)49-12)54-27-23(18-42-5)52-33(50-13)31(48-11)29(27)47-10/h20-34H,15-18H2,1-14H3/t20-,21+,22+,23+,24+,25+,26-,27+,28+,29-,30-,31+,32+,33-,34-,36-/m0/s1. The van der Waals surface area contributed by atoms with E-state index < -0.39 is 104 Å².